The lowest BCUT2D eigenvalue weighted by Gasteiger charge is -2.31. The number of carbonyl (C=O) groups is 1. The van der Waals surface area contributed by atoms with Crippen molar-refractivity contribution >= 4 is 21.9 Å². The SMILES string of the molecule is CCC(NCCCN=[N+]=[N-])(C(=O)OC)c1ccc(Br)cc1. The standard InChI is InChI=1S/C14H19BrN4O2/c1-3-14(13(20)21-2,17-9-4-10-18-19-16)11-5-7-12(15)8-6-11/h5-8,17H,3-4,9-10H2,1-2H3. The molecule has 0 aliphatic rings. The van der Waals surface area contributed by atoms with E-state index >= 15 is 0 Å². The molecular weight excluding hydrogens is 336 g/mol. The first-order valence-corrected chi connectivity index (χ1v) is 7.50. The average Bonchev–Trinajstić information content (AvgIpc) is 2.51. The van der Waals surface area contributed by atoms with Crippen molar-refractivity contribution in [1.82, 2.24) is 5.32 Å². The van der Waals surface area contributed by atoms with Crippen molar-refractivity contribution < 1.29 is 9.53 Å². The van der Waals surface area contributed by atoms with Gasteiger partial charge in [0.15, 0.2) is 0 Å². The van der Waals surface area contributed by atoms with E-state index in [2.05, 4.69) is 31.3 Å². The van der Waals surface area contributed by atoms with Gasteiger partial charge in [-0.3, -0.25) is 5.32 Å². The fraction of sp³-hybridized carbons (Fsp3) is 0.500. The Bertz CT molecular complexity index is 514. The Morgan fingerprint density at radius 2 is 2.14 bits per heavy atom. The van der Waals surface area contributed by atoms with Gasteiger partial charge in [0, 0.05) is 15.9 Å². The molecule has 1 unspecified atom stereocenters. The highest BCUT2D eigenvalue weighted by Gasteiger charge is 2.39. The van der Waals surface area contributed by atoms with Crippen molar-refractivity contribution in [2.24, 2.45) is 5.11 Å². The molecule has 0 heterocycles. The van der Waals surface area contributed by atoms with E-state index in [-0.39, 0.29) is 5.97 Å². The van der Waals surface area contributed by atoms with Crippen molar-refractivity contribution in [2.75, 3.05) is 20.2 Å². The molecule has 0 aromatic heterocycles. The van der Waals surface area contributed by atoms with Gasteiger partial charge in [-0.25, -0.2) is 4.79 Å². The minimum atomic E-state index is -0.883. The van der Waals surface area contributed by atoms with Crippen molar-refractivity contribution in [3.8, 4) is 0 Å². The lowest BCUT2D eigenvalue weighted by Crippen LogP contribution is -2.50. The van der Waals surface area contributed by atoms with Crippen LogP contribution in [0.5, 0.6) is 0 Å². The molecule has 0 radical (unpaired) electrons. The summed E-state index contributed by atoms with van der Waals surface area (Å²) in [6, 6.07) is 7.57. The van der Waals surface area contributed by atoms with Crippen LogP contribution >= 0.6 is 15.9 Å². The maximum absolute atomic E-state index is 12.3. The molecule has 0 spiro atoms. The first-order valence-electron chi connectivity index (χ1n) is 6.71. The van der Waals surface area contributed by atoms with Gasteiger partial charge >= 0.3 is 5.97 Å². The topological polar surface area (TPSA) is 87.1 Å². The Hall–Kier alpha value is -1.56. The molecular formula is C14H19BrN4O2. The summed E-state index contributed by atoms with van der Waals surface area (Å²) in [5.41, 5.74) is 8.23. The van der Waals surface area contributed by atoms with Gasteiger partial charge in [-0.1, -0.05) is 40.1 Å². The highest BCUT2D eigenvalue weighted by atomic mass is 79.9. The molecule has 0 saturated carbocycles. The molecule has 21 heavy (non-hydrogen) atoms. The fourth-order valence-electron chi connectivity index (χ4n) is 2.17. The van der Waals surface area contributed by atoms with E-state index in [1.165, 1.54) is 7.11 Å². The van der Waals surface area contributed by atoms with Crippen molar-refractivity contribution in [3.05, 3.63) is 44.7 Å². The number of hydrogen-bond donors (Lipinski definition) is 1. The number of ether oxygens (including phenoxy) is 1. The number of nitrogens with zero attached hydrogens (tertiary/aromatic N) is 3. The zero-order chi connectivity index (χ0) is 15.7. The predicted molar refractivity (Wildman–Crippen MR) is 84.8 cm³/mol. The summed E-state index contributed by atoms with van der Waals surface area (Å²) in [6.45, 7) is 2.88. The molecule has 0 aliphatic heterocycles. The number of azide groups is 1. The van der Waals surface area contributed by atoms with Crippen LogP contribution in [0.3, 0.4) is 0 Å². The first-order chi connectivity index (χ1) is 10.1. The molecule has 0 fully saturated rings. The second-order valence-electron chi connectivity index (χ2n) is 4.49. The Labute approximate surface area is 132 Å². The molecule has 1 N–H and O–H groups in total. The maximum atomic E-state index is 12.3. The molecule has 0 amide bonds. The van der Waals surface area contributed by atoms with E-state index in [1.807, 2.05) is 31.2 Å². The summed E-state index contributed by atoms with van der Waals surface area (Å²) in [6.07, 6.45) is 1.21. The molecule has 1 aromatic carbocycles. The minimum Gasteiger partial charge on any atom is -0.467 e. The first kappa shape index (κ1) is 17.5. The number of hydrogen-bond acceptors (Lipinski definition) is 4. The molecule has 6 nitrogen and oxygen atoms in total. The Morgan fingerprint density at radius 1 is 1.48 bits per heavy atom. The van der Waals surface area contributed by atoms with E-state index in [9.17, 15) is 4.79 Å². The van der Waals surface area contributed by atoms with Crippen LogP contribution in [-0.4, -0.2) is 26.2 Å². The molecule has 0 aliphatic carbocycles. The number of nitrogens with one attached hydrogen (secondary N) is 1. The summed E-state index contributed by atoms with van der Waals surface area (Å²) in [4.78, 5) is 15.0. The summed E-state index contributed by atoms with van der Waals surface area (Å²) in [7, 11) is 1.38. The lowest BCUT2D eigenvalue weighted by molar-refractivity contribution is -0.149. The van der Waals surface area contributed by atoms with Crippen LogP contribution in [0.4, 0.5) is 0 Å². The molecule has 0 bridgehead atoms. The van der Waals surface area contributed by atoms with Crippen LogP contribution in [0.1, 0.15) is 25.3 Å². The van der Waals surface area contributed by atoms with Crippen molar-refractivity contribution in [1.29, 1.82) is 0 Å². The fourth-order valence-corrected chi connectivity index (χ4v) is 2.43. The van der Waals surface area contributed by atoms with Crippen LogP contribution in [0.2, 0.25) is 0 Å². The van der Waals surface area contributed by atoms with E-state index in [1.54, 1.807) is 0 Å². The van der Waals surface area contributed by atoms with Crippen LogP contribution in [0, 0.1) is 0 Å². The Morgan fingerprint density at radius 3 is 2.67 bits per heavy atom. The number of methoxy groups -OCH3 is 1. The Balaban J connectivity index is 2.95. The highest BCUT2D eigenvalue weighted by molar-refractivity contribution is 9.10. The second-order valence-corrected chi connectivity index (χ2v) is 5.41. The minimum absolute atomic E-state index is 0.323. The number of benzene rings is 1. The van der Waals surface area contributed by atoms with Crippen LogP contribution in [0.25, 0.3) is 10.4 Å². The predicted octanol–water partition coefficient (Wildman–Crippen LogP) is 3.52. The van der Waals surface area contributed by atoms with Gasteiger partial charge in [-0.05, 0) is 42.6 Å². The van der Waals surface area contributed by atoms with E-state index in [4.69, 9.17) is 10.3 Å². The van der Waals surface area contributed by atoms with Crippen LogP contribution in [0.15, 0.2) is 33.9 Å². The lowest BCUT2D eigenvalue weighted by atomic mass is 9.87. The molecule has 1 aromatic rings. The van der Waals surface area contributed by atoms with Crippen molar-refractivity contribution in [2.45, 2.75) is 25.3 Å². The third-order valence-electron chi connectivity index (χ3n) is 3.33. The number of rotatable bonds is 8. The summed E-state index contributed by atoms with van der Waals surface area (Å²) >= 11 is 3.39. The molecule has 1 rings (SSSR count). The number of halogens is 1. The van der Waals surface area contributed by atoms with E-state index in [0.717, 1.165) is 10.0 Å². The second kappa shape index (κ2) is 8.67. The summed E-state index contributed by atoms with van der Waals surface area (Å²) in [5.74, 6) is -0.323. The van der Waals surface area contributed by atoms with Gasteiger partial charge < -0.3 is 4.74 Å². The van der Waals surface area contributed by atoms with Gasteiger partial charge in [0.1, 0.15) is 5.54 Å². The normalized spacial score (nSPS) is 13.1. The number of carbonyl (C=O) groups excluding carboxylic acids is 1. The largest absolute Gasteiger partial charge is 0.467 e. The maximum Gasteiger partial charge on any atom is 0.330 e. The summed E-state index contributed by atoms with van der Waals surface area (Å²) < 4.78 is 5.92. The van der Waals surface area contributed by atoms with E-state index < -0.39 is 5.54 Å². The van der Waals surface area contributed by atoms with Gasteiger partial charge in [0.05, 0.1) is 7.11 Å². The van der Waals surface area contributed by atoms with Gasteiger partial charge in [0.25, 0.3) is 0 Å². The van der Waals surface area contributed by atoms with Crippen molar-refractivity contribution in [3.63, 3.8) is 0 Å². The van der Waals surface area contributed by atoms with Gasteiger partial charge in [-0.15, -0.1) is 0 Å². The van der Waals surface area contributed by atoms with Crippen LogP contribution < -0.4 is 5.32 Å². The summed E-state index contributed by atoms with van der Waals surface area (Å²) in [5, 5.41) is 6.74. The van der Waals surface area contributed by atoms with Crippen LogP contribution in [-0.2, 0) is 15.1 Å². The highest BCUT2D eigenvalue weighted by Crippen LogP contribution is 2.28. The third kappa shape index (κ3) is 4.46. The molecule has 7 heteroatoms. The quantitative estimate of drug-likeness (QED) is 0.254. The molecule has 114 valence electrons. The zero-order valence-electron chi connectivity index (χ0n) is 12.2. The van der Waals surface area contributed by atoms with Gasteiger partial charge in [-0.2, -0.15) is 0 Å². The average molecular weight is 355 g/mol. The smallest absolute Gasteiger partial charge is 0.330 e. The zero-order valence-corrected chi connectivity index (χ0v) is 13.8. The van der Waals surface area contributed by atoms with Gasteiger partial charge in [0.2, 0.25) is 0 Å². The van der Waals surface area contributed by atoms with E-state index in [0.29, 0.717) is 25.9 Å². The molecule has 1 atom stereocenters. The monoisotopic (exact) mass is 354 g/mol. The number of esters is 1. The third-order valence-corrected chi connectivity index (χ3v) is 3.85. The molecule has 0 saturated heterocycles. The Kier molecular flexibility index (Phi) is 7.22.